The van der Waals surface area contributed by atoms with Crippen LogP contribution in [0.15, 0.2) is 0 Å². The third kappa shape index (κ3) is 8.64. The minimum absolute atomic E-state index is 0.0565. The van der Waals surface area contributed by atoms with Gasteiger partial charge in [0.2, 0.25) is 5.91 Å². The first-order valence-electron chi connectivity index (χ1n) is 5.98. The molecular weight excluding hydrogens is 206 g/mol. The monoisotopic (exact) mass is 231 g/mol. The van der Waals surface area contributed by atoms with Crippen molar-refractivity contribution in [2.75, 3.05) is 32.8 Å². The maximum absolute atomic E-state index is 11.5. The van der Waals surface area contributed by atoms with Crippen LogP contribution in [0.1, 0.15) is 26.2 Å². The highest BCUT2D eigenvalue weighted by atomic mass is 16.5. The van der Waals surface area contributed by atoms with Gasteiger partial charge in [0.05, 0.1) is 13.2 Å². The van der Waals surface area contributed by atoms with Crippen LogP contribution in [-0.2, 0) is 9.53 Å². The van der Waals surface area contributed by atoms with E-state index in [-0.39, 0.29) is 11.8 Å². The van der Waals surface area contributed by atoms with Crippen molar-refractivity contribution in [3.63, 3.8) is 0 Å². The molecular formula is C11H25N3O2. The van der Waals surface area contributed by atoms with Crippen LogP contribution in [-0.4, -0.2) is 38.8 Å². The van der Waals surface area contributed by atoms with Gasteiger partial charge in [0.15, 0.2) is 0 Å². The maximum Gasteiger partial charge on any atom is 0.222 e. The lowest BCUT2D eigenvalue weighted by Gasteiger charge is -2.11. The molecule has 0 rings (SSSR count). The molecule has 96 valence electrons. The first kappa shape index (κ1) is 15.3. The van der Waals surface area contributed by atoms with E-state index in [2.05, 4.69) is 5.32 Å². The standard InChI is InChI=1S/C11H25N3O2/c1-10(4-2-3-5-12)11(15)14-7-9-16-8-6-13/h10H,2-9,12-13H2,1H3,(H,14,15)/t10-/m0/s1. The van der Waals surface area contributed by atoms with Crippen molar-refractivity contribution in [3.05, 3.63) is 0 Å². The summed E-state index contributed by atoms with van der Waals surface area (Å²) in [5.74, 6) is 0.148. The Labute approximate surface area is 97.9 Å². The van der Waals surface area contributed by atoms with Crippen molar-refractivity contribution in [3.8, 4) is 0 Å². The molecule has 1 amide bonds. The maximum atomic E-state index is 11.5. The van der Waals surface area contributed by atoms with Crippen LogP contribution in [0.2, 0.25) is 0 Å². The van der Waals surface area contributed by atoms with Gasteiger partial charge in [-0.05, 0) is 19.4 Å². The fourth-order valence-electron chi connectivity index (χ4n) is 1.33. The largest absolute Gasteiger partial charge is 0.378 e. The van der Waals surface area contributed by atoms with Crippen molar-refractivity contribution in [1.29, 1.82) is 0 Å². The Balaban J connectivity index is 3.40. The van der Waals surface area contributed by atoms with E-state index < -0.39 is 0 Å². The molecule has 0 radical (unpaired) electrons. The van der Waals surface area contributed by atoms with Crippen LogP contribution in [0.25, 0.3) is 0 Å². The summed E-state index contributed by atoms with van der Waals surface area (Å²) in [6, 6.07) is 0. The molecule has 0 saturated heterocycles. The lowest BCUT2D eigenvalue weighted by atomic mass is 10.0. The van der Waals surface area contributed by atoms with E-state index in [1.165, 1.54) is 0 Å². The van der Waals surface area contributed by atoms with Gasteiger partial charge in [-0.3, -0.25) is 4.79 Å². The average Bonchev–Trinajstić information content (AvgIpc) is 2.28. The van der Waals surface area contributed by atoms with Gasteiger partial charge in [0, 0.05) is 19.0 Å². The summed E-state index contributed by atoms with van der Waals surface area (Å²) in [4.78, 5) is 11.5. The number of carbonyl (C=O) groups is 1. The van der Waals surface area contributed by atoms with Crippen LogP contribution in [0.5, 0.6) is 0 Å². The first-order valence-corrected chi connectivity index (χ1v) is 5.98. The van der Waals surface area contributed by atoms with Crippen LogP contribution in [0, 0.1) is 5.92 Å². The molecule has 0 aromatic carbocycles. The molecule has 5 nitrogen and oxygen atoms in total. The fourth-order valence-corrected chi connectivity index (χ4v) is 1.33. The zero-order valence-electron chi connectivity index (χ0n) is 10.2. The molecule has 5 N–H and O–H groups in total. The number of nitrogens with one attached hydrogen (secondary N) is 1. The summed E-state index contributed by atoms with van der Waals surface area (Å²) in [6.45, 7) is 4.78. The van der Waals surface area contributed by atoms with Gasteiger partial charge >= 0.3 is 0 Å². The number of hydrogen-bond acceptors (Lipinski definition) is 4. The molecule has 0 aliphatic heterocycles. The summed E-state index contributed by atoms with van der Waals surface area (Å²) < 4.78 is 5.16. The summed E-state index contributed by atoms with van der Waals surface area (Å²) in [5, 5.41) is 2.83. The van der Waals surface area contributed by atoms with Gasteiger partial charge in [-0.1, -0.05) is 13.3 Å². The van der Waals surface area contributed by atoms with Crippen LogP contribution in [0.3, 0.4) is 0 Å². The molecule has 5 heteroatoms. The Morgan fingerprint density at radius 2 is 2.00 bits per heavy atom. The van der Waals surface area contributed by atoms with Gasteiger partial charge in [0.1, 0.15) is 0 Å². The second kappa shape index (κ2) is 10.9. The summed E-state index contributed by atoms with van der Waals surface area (Å²) in [7, 11) is 0. The molecule has 1 atom stereocenters. The minimum Gasteiger partial charge on any atom is -0.378 e. The Morgan fingerprint density at radius 3 is 2.62 bits per heavy atom. The van der Waals surface area contributed by atoms with E-state index in [4.69, 9.17) is 16.2 Å². The second-order valence-electron chi connectivity index (χ2n) is 3.88. The number of ether oxygens (including phenoxy) is 1. The van der Waals surface area contributed by atoms with Crippen LogP contribution in [0.4, 0.5) is 0 Å². The van der Waals surface area contributed by atoms with Crippen molar-refractivity contribution >= 4 is 5.91 Å². The number of nitrogens with two attached hydrogens (primary N) is 2. The molecule has 0 aromatic heterocycles. The molecule has 0 bridgehead atoms. The number of rotatable bonds is 10. The first-order chi connectivity index (χ1) is 7.72. The van der Waals surface area contributed by atoms with Crippen LogP contribution < -0.4 is 16.8 Å². The number of carbonyl (C=O) groups excluding carboxylic acids is 1. The van der Waals surface area contributed by atoms with Crippen molar-refractivity contribution in [2.45, 2.75) is 26.2 Å². The van der Waals surface area contributed by atoms with Crippen molar-refractivity contribution in [1.82, 2.24) is 5.32 Å². The molecule has 0 aliphatic carbocycles. The van der Waals surface area contributed by atoms with Crippen molar-refractivity contribution in [2.24, 2.45) is 17.4 Å². The normalized spacial score (nSPS) is 12.4. The summed E-state index contributed by atoms with van der Waals surface area (Å²) in [6.07, 6.45) is 2.89. The quantitative estimate of drug-likeness (QED) is 0.456. The smallest absolute Gasteiger partial charge is 0.222 e. The molecule has 0 unspecified atom stereocenters. The van der Waals surface area contributed by atoms with E-state index in [0.717, 1.165) is 19.3 Å². The van der Waals surface area contributed by atoms with Crippen LogP contribution >= 0.6 is 0 Å². The summed E-state index contributed by atoms with van der Waals surface area (Å²) >= 11 is 0. The summed E-state index contributed by atoms with van der Waals surface area (Å²) in [5.41, 5.74) is 10.7. The number of unbranched alkanes of at least 4 members (excludes halogenated alkanes) is 1. The van der Waals surface area contributed by atoms with E-state index in [9.17, 15) is 4.79 Å². The molecule has 0 aromatic rings. The predicted molar refractivity (Wildman–Crippen MR) is 65.0 cm³/mol. The highest BCUT2D eigenvalue weighted by Crippen LogP contribution is 2.06. The topological polar surface area (TPSA) is 90.4 Å². The third-order valence-electron chi connectivity index (χ3n) is 2.35. The Morgan fingerprint density at radius 1 is 1.25 bits per heavy atom. The fraction of sp³-hybridized carbons (Fsp3) is 0.909. The van der Waals surface area contributed by atoms with E-state index in [1.54, 1.807) is 0 Å². The SMILES string of the molecule is C[C@@H](CCCCN)C(=O)NCCOCCN. The second-order valence-corrected chi connectivity index (χ2v) is 3.88. The molecule has 0 spiro atoms. The lowest BCUT2D eigenvalue weighted by Crippen LogP contribution is -2.32. The Bertz CT molecular complexity index is 177. The lowest BCUT2D eigenvalue weighted by molar-refractivity contribution is -0.124. The minimum atomic E-state index is 0.0565. The molecule has 0 heterocycles. The van der Waals surface area contributed by atoms with E-state index in [1.807, 2.05) is 6.92 Å². The van der Waals surface area contributed by atoms with E-state index in [0.29, 0.717) is 32.8 Å². The molecule has 0 fully saturated rings. The molecule has 16 heavy (non-hydrogen) atoms. The van der Waals surface area contributed by atoms with Gasteiger partial charge in [-0.25, -0.2) is 0 Å². The highest BCUT2D eigenvalue weighted by Gasteiger charge is 2.11. The number of amides is 1. The molecule has 0 aliphatic rings. The molecule has 0 saturated carbocycles. The Kier molecular flexibility index (Phi) is 10.4. The number of hydrogen-bond donors (Lipinski definition) is 3. The zero-order valence-corrected chi connectivity index (χ0v) is 10.2. The van der Waals surface area contributed by atoms with Gasteiger partial charge in [0.25, 0.3) is 0 Å². The predicted octanol–water partition coefficient (Wildman–Crippen LogP) is -0.157. The van der Waals surface area contributed by atoms with Gasteiger partial charge < -0.3 is 21.5 Å². The van der Waals surface area contributed by atoms with E-state index >= 15 is 0 Å². The van der Waals surface area contributed by atoms with Gasteiger partial charge in [-0.15, -0.1) is 0 Å². The average molecular weight is 231 g/mol. The third-order valence-corrected chi connectivity index (χ3v) is 2.35. The van der Waals surface area contributed by atoms with Gasteiger partial charge in [-0.2, -0.15) is 0 Å². The zero-order chi connectivity index (χ0) is 12.2. The van der Waals surface area contributed by atoms with Crippen molar-refractivity contribution < 1.29 is 9.53 Å². The Hall–Kier alpha value is -0.650. The highest BCUT2D eigenvalue weighted by molar-refractivity contribution is 5.78.